The lowest BCUT2D eigenvalue weighted by atomic mass is 10.2. The number of nitrogens with zero attached hydrogens (tertiary/aromatic N) is 1. The first-order chi connectivity index (χ1) is 9.69. The first-order valence-corrected chi connectivity index (χ1v) is 8.15. The van der Waals surface area contributed by atoms with Crippen LogP contribution in [0.3, 0.4) is 0 Å². The Kier molecular flexibility index (Phi) is 3.76. The average molecular weight is 348 g/mol. The molecule has 3 rings (SSSR count). The van der Waals surface area contributed by atoms with E-state index in [1.165, 1.54) is 4.88 Å². The summed E-state index contributed by atoms with van der Waals surface area (Å²) >= 11 is 5.14. The third-order valence-electron chi connectivity index (χ3n) is 3.36. The maximum Gasteiger partial charge on any atom is 0.192 e. The zero-order valence-electron chi connectivity index (χ0n) is 11.1. The van der Waals surface area contributed by atoms with Crippen molar-refractivity contribution in [2.45, 2.75) is 19.9 Å². The molecular formula is C16H14BrNOS. The van der Waals surface area contributed by atoms with E-state index in [2.05, 4.69) is 22.9 Å². The summed E-state index contributed by atoms with van der Waals surface area (Å²) in [6.07, 6.45) is 2.96. The summed E-state index contributed by atoms with van der Waals surface area (Å²) in [6, 6.07) is 12.1. The van der Waals surface area contributed by atoms with Gasteiger partial charge in [-0.3, -0.25) is 4.79 Å². The summed E-state index contributed by atoms with van der Waals surface area (Å²) in [7, 11) is 0. The molecule has 0 fully saturated rings. The number of hydrogen-bond donors (Lipinski definition) is 0. The number of thiophene rings is 1. The lowest BCUT2D eigenvalue weighted by Gasteiger charge is -2.04. The molecule has 0 atom stereocenters. The number of rotatable bonds is 4. The smallest absolute Gasteiger partial charge is 0.192 e. The number of aromatic nitrogens is 1. The Balaban J connectivity index is 1.89. The van der Waals surface area contributed by atoms with Crippen LogP contribution in [-0.4, -0.2) is 10.4 Å². The minimum absolute atomic E-state index is 0.173. The maximum absolute atomic E-state index is 12.3. The second-order valence-corrected chi connectivity index (χ2v) is 6.68. The van der Waals surface area contributed by atoms with Gasteiger partial charge in [-0.2, -0.15) is 0 Å². The number of benzene rings is 1. The second kappa shape index (κ2) is 5.54. The molecule has 102 valence electrons. The highest BCUT2D eigenvalue weighted by molar-refractivity contribution is 9.10. The fourth-order valence-corrected chi connectivity index (χ4v) is 3.64. The lowest BCUT2D eigenvalue weighted by Crippen LogP contribution is -2.07. The molecule has 2 heterocycles. The first-order valence-electron chi connectivity index (χ1n) is 6.54. The predicted octanol–water partition coefficient (Wildman–Crippen LogP) is 4.91. The summed E-state index contributed by atoms with van der Waals surface area (Å²) < 4.78 is 3.07. The standard InChI is InChI=1S/C16H14BrNOS/c1-2-11-6-7-16(20-11)15(19)10-18-9-8-12-13(17)4-3-5-14(12)18/h3-9H,2,10H2,1H3. The van der Waals surface area contributed by atoms with Gasteiger partial charge in [0.15, 0.2) is 5.78 Å². The zero-order chi connectivity index (χ0) is 14.1. The lowest BCUT2D eigenvalue weighted by molar-refractivity contribution is 0.0977. The number of carbonyl (C=O) groups is 1. The molecular weight excluding hydrogens is 334 g/mol. The van der Waals surface area contributed by atoms with Crippen molar-refractivity contribution in [2.24, 2.45) is 0 Å². The summed E-state index contributed by atoms with van der Waals surface area (Å²) in [4.78, 5) is 14.5. The molecule has 0 spiro atoms. The van der Waals surface area contributed by atoms with Gasteiger partial charge >= 0.3 is 0 Å². The molecule has 0 aliphatic rings. The van der Waals surface area contributed by atoms with Crippen molar-refractivity contribution in [2.75, 3.05) is 0 Å². The topological polar surface area (TPSA) is 22.0 Å². The third-order valence-corrected chi connectivity index (χ3v) is 5.32. The number of Topliss-reactive ketones (excluding diaryl/α,β-unsaturated/α-hetero) is 1. The van der Waals surface area contributed by atoms with E-state index in [0.717, 1.165) is 26.7 Å². The van der Waals surface area contributed by atoms with Crippen molar-refractivity contribution in [3.05, 3.63) is 56.8 Å². The van der Waals surface area contributed by atoms with Crippen molar-refractivity contribution >= 4 is 44.0 Å². The minimum atomic E-state index is 0.173. The number of fused-ring (bicyclic) bond motifs is 1. The van der Waals surface area contributed by atoms with Crippen molar-refractivity contribution in [3.8, 4) is 0 Å². The average Bonchev–Trinajstić information content (AvgIpc) is 3.07. The van der Waals surface area contributed by atoms with Gasteiger partial charge in [-0.05, 0) is 36.8 Å². The van der Waals surface area contributed by atoms with E-state index in [1.807, 2.05) is 47.2 Å². The highest BCUT2D eigenvalue weighted by atomic mass is 79.9. The number of aryl methyl sites for hydroxylation is 1. The van der Waals surface area contributed by atoms with Crippen molar-refractivity contribution in [1.29, 1.82) is 0 Å². The SMILES string of the molecule is CCc1ccc(C(=O)Cn2ccc3c(Br)cccc32)s1. The molecule has 2 nitrogen and oxygen atoms in total. The Hall–Kier alpha value is -1.39. The van der Waals surface area contributed by atoms with Gasteiger partial charge in [0.05, 0.1) is 11.4 Å². The van der Waals surface area contributed by atoms with E-state index in [9.17, 15) is 4.79 Å². The van der Waals surface area contributed by atoms with E-state index < -0.39 is 0 Å². The predicted molar refractivity (Wildman–Crippen MR) is 87.7 cm³/mol. The highest BCUT2D eigenvalue weighted by Crippen LogP contribution is 2.25. The number of halogens is 1. The van der Waals surface area contributed by atoms with Crippen LogP contribution in [-0.2, 0) is 13.0 Å². The first kappa shape index (κ1) is 13.6. The van der Waals surface area contributed by atoms with E-state index >= 15 is 0 Å². The van der Waals surface area contributed by atoms with Crippen LogP contribution < -0.4 is 0 Å². The van der Waals surface area contributed by atoms with Crippen LogP contribution in [0, 0.1) is 0 Å². The fraction of sp³-hybridized carbons (Fsp3) is 0.188. The number of hydrogen-bond acceptors (Lipinski definition) is 2. The molecule has 0 N–H and O–H groups in total. The molecule has 4 heteroatoms. The van der Waals surface area contributed by atoms with Gasteiger partial charge < -0.3 is 4.57 Å². The molecule has 0 aliphatic heterocycles. The van der Waals surface area contributed by atoms with Crippen LogP contribution >= 0.6 is 27.3 Å². The normalized spacial score (nSPS) is 11.1. The van der Waals surface area contributed by atoms with Crippen LogP contribution in [0.2, 0.25) is 0 Å². The molecule has 0 amide bonds. The molecule has 0 saturated heterocycles. The second-order valence-electron chi connectivity index (χ2n) is 4.66. The maximum atomic E-state index is 12.3. The van der Waals surface area contributed by atoms with Gasteiger partial charge in [0.2, 0.25) is 0 Å². The molecule has 0 saturated carbocycles. The minimum Gasteiger partial charge on any atom is -0.340 e. The fourth-order valence-electron chi connectivity index (χ4n) is 2.27. The quantitative estimate of drug-likeness (QED) is 0.614. The monoisotopic (exact) mass is 347 g/mol. The molecule has 0 unspecified atom stereocenters. The Morgan fingerprint density at radius 3 is 2.85 bits per heavy atom. The molecule has 0 radical (unpaired) electrons. The molecule has 20 heavy (non-hydrogen) atoms. The van der Waals surface area contributed by atoms with Crippen LogP contribution in [0.15, 0.2) is 47.1 Å². The van der Waals surface area contributed by atoms with Gasteiger partial charge in [-0.25, -0.2) is 0 Å². The number of ketones is 1. The molecule has 1 aromatic carbocycles. The van der Waals surface area contributed by atoms with Gasteiger partial charge in [0, 0.05) is 26.4 Å². The van der Waals surface area contributed by atoms with Crippen LogP contribution in [0.5, 0.6) is 0 Å². The van der Waals surface area contributed by atoms with Gasteiger partial charge in [-0.15, -0.1) is 11.3 Å². The van der Waals surface area contributed by atoms with Crippen LogP contribution in [0.4, 0.5) is 0 Å². The van der Waals surface area contributed by atoms with Crippen molar-refractivity contribution in [1.82, 2.24) is 4.57 Å². The van der Waals surface area contributed by atoms with Gasteiger partial charge in [0.25, 0.3) is 0 Å². The summed E-state index contributed by atoms with van der Waals surface area (Å²) in [5.74, 6) is 0.173. The summed E-state index contributed by atoms with van der Waals surface area (Å²) in [5, 5.41) is 1.14. The molecule has 3 aromatic rings. The summed E-state index contributed by atoms with van der Waals surface area (Å²) in [6.45, 7) is 2.50. The van der Waals surface area contributed by atoms with Crippen LogP contribution in [0.1, 0.15) is 21.5 Å². The molecule has 0 bridgehead atoms. The van der Waals surface area contributed by atoms with Crippen molar-refractivity contribution in [3.63, 3.8) is 0 Å². The van der Waals surface area contributed by atoms with E-state index in [-0.39, 0.29) is 5.78 Å². The number of carbonyl (C=O) groups excluding carboxylic acids is 1. The summed E-state index contributed by atoms with van der Waals surface area (Å²) in [5.41, 5.74) is 1.08. The Morgan fingerprint density at radius 1 is 1.25 bits per heavy atom. The van der Waals surface area contributed by atoms with Crippen molar-refractivity contribution < 1.29 is 4.79 Å². The Labute approximate surface area is 130 Å². The van der Waals surface area contributed by atoms with Gasteiger partial charge in [-0.1, -0.05) is 28.9 Å². The van der Waals surface area contributed by atoms with E-state index in [0.29, 0.717) is 6.54 Å². The van der Waals surface area contributed by atoms with Gasteiger partial charge in [0.1, 0.15) is 0 Å². The zero-order valence-corrected chi connectivity index (χ0v) is 13.5. The highest BCUT2D eigenvalue weighted by Gasteiger charge is 2.11. The molecule has 0 aliphatic carbocycles. The molecule has 2 aromatic heterocycles. The Morgan fingerprint density at radius 2 is 2.10 bits per heavy atom. The van der Waals surface area contributed by atoms with E-state index in [1.54, 1.807) is 11.3 Å². The Bertz CT molecular complexity index is 772. The largest absolute Gasteiger partial charge is 0.340 e. The van der Waals surface area contributed by atoms with E-state index in [4.69, 9.17) is 0 Å². The van der Waals surface area contributed by atoms with Crippen LogP contribution in [0.25, 0.3) is 10.9 Å². The third kappa shape index (κ3) is 2.45.